The summed E-state index contributed by atoms with van der Waals surface area (Å²) in [6, 6.07) is 9.21. The molecule has 3 rings (SSSR count). The van der Waals surface area contributed by atoms with Crippen LogP contribution in [-0.2, 0) is 14.8 Å². The van der Waals surface area contributed by atoms with Crippen LogP contribution in [0.25, 0.3) is 6.08 Å². The van der Waals surface area contributed by atoms with Crippen LogP contribution in [0.3, 0.4) is 0 Å². The second-order valence-corrected chi connectivity index (χ2v) is 8.62. The van der Waals surface area contributed by atoms with Crippen molar-refractivity contribution in [1.82, 2.24) is 19.3 Å². The van der Waals surface area contributed by atoms with E-state index in [0.717, 1.165) is 5.56 Å². The Morgan fingerprint density at radius 1 is 1.00 bits per heavy atom. The molecular weight excluding hydrogens is 448 g/mol. The molecule has 0 bridgehead atoms. The number of ether oxygens (including phenoxy) is 4. The smallest absolute Gasteiger partial charge is 0.326 e. The number of sulfonamides is 1. The molecule has 33 heavy (non-hydrogen) atoms. The molecule has 2 heterocycles. The molecule has 1 unspecified atom stereocenters. The van der Waals surface area contributed by atoms with Gasteiger partial charge in [0.15, 0.2) is 0 Å². The van der Waals surface area contributed by atoms with Gasteiger partial charge in [0.2, 0.25) is 10.0 Å². The lowest BCUT2D eigenvalue weighted by atomic mass is 10.2. The Labute approximate surface area is 193 Å². The summed E-state index contributed by atoms with van der Waals surface area (Å²) < 4.78 is 48.8. The van der Waals surface area contributed by atoms with Crippen LogP contribution in [0.15, 0.2) is 61.0 Å². The van der Waals surface area contributed by atoms with Crippen molar-refractivity contribution in [3.63, 3.8) is 0 Å². The van der Waals surface area contributed by atoms with Gasteiger partial charge < -0.3 is 18.9 Å². The number of morpholine rings is 1. The van der Waals surface area contributed by atoms with Crippen molar-refractivity contribution >= 4 is 16.1 Å². The second kappa shape index (κ2) is 12.1. The number of aromatic nitrogens is 3. The molecule has 0 aliphatic carbocycles. The maximum Gasteiger partial charge on any atom is 0.326 e. The van der Waals surface area contributed by atoms with Gasteiger partial charge in [-0.3, -0.25) is 0 Å². The number of benzene rings is 1. The first kappa shape index (κ1) is 24.4. The normalized spacial score (nSPS) is 16.9. The van der Waals surface area contributed by atoms with Gasteiger partial charge in [-0.25, -0.2) is 8.42 Å². The fourth-order valence-electron chi connectivity index (χ4n) is 2.79. The lowest BCUT2D eigenvalue weighted by Gasteiger charge is -2.30. The zero-order chi connectivity index (χ0) is 23.5. The lowest BCUT2D eigenvalue weighted by molar-refractivity contribution is -0.0264. The number of hydrogen-bond donors (Lipinski definition) is 0. The third-order valence-corrected chi connectivity index (χ3v) is 5.86. The van der Waals surface area contributed by atoms with Gasteiger partial charge in [0.1, 0.15) is 25.9 Å². The van der Waals surface area contributed by atoms with Crippen LogP contribution in [0.4, 0.5) is 0 Å². The molecule has 0 spiro atoms. The molecule has 1 aliphatic rings. The van der Waals surface area contributed by atoms with E-state index in [1.54, 1.807) is 18.2 Å². The van der Waals surface area contributed by atoms with E-state index in [9.17, 15) is 8.42 Å². The van der Waals surface area contributed by atoms with Gasteiger partial charge in [-0.1, -0.05) is 55.6 Å². The molecule has 11 heteroatoms. The summed E-state index contributed by atoms with van der Waals surface area (Å²) in [4.78, 5) is 12.2. The minimum absolute atomic E-state index is 0.0128. The Balaban J connectivity index is 1.62. The zero-order valence-corrected chi connectivity index (χ0v) is 18.9. The highest BCUT2D eigenvalue weighted by molar-refractivity contribution is 7.92. The van der Waals surface area contributed by atoms with Crippen molar-refractivity contribution < 1.29 is 27.4 Å². The monoisotopic (exact) mass is 474 g/mol. The van der Waals surface area contributed by atoms with Crippen molar-refractivity contribution in [3.05, 3.63) is 66.6 Å². The third kappa shape index (κ3) is 7.67. The molecule has 10 nitrogen and oxygen atoms in total. The Bertz CT molecular complexity index is 1030. The van der Waals surface area contributed by atoms with Crippen molar-refractivity contribution in [1.29, 1.82) is 0 Å². The highest BCUT2D eigenvalue weighted by Gasteiger charge is 2.28. The Hall–Kier alpha value is -3.28. The van der Waals surface area contributed by atoms with Gasteiger partial charge >= 0.3 is 18.0 Å². The molecule has 0 radical (unpaired) electrons. The highest BCUT2D eigenvalue weighted by Crippen LogP contribution is 2.17. The summed E-state index contributed by atoms with van der Waals surface area (Å²) in [6.45, 7) is 8.20. The topological polar surface area (TPSA) is 113 Å². The summed E-state index contributed by atoms with van der Waals surface area (Å²) in [5, 5.41) is 1.20. The molecule has 176 valence electrons. The van der Waals surface area contributed by atoms with Gasteiger partial charge in [-0.2, -0.15) is 4.31 Å². The molecule has 1 saturated heterocycles. The van der Waals surface area contributed by atoms with E-state index in [1.807, 2.05) is 30.3 Å². The van der Waals surface area contributed by atoms with Crippen LogP contribution < -0.4 is 14.2 Å². The first-order valence-corrected chi connectivity index (χ1v) is 11.7. The van der Waals surface area contributed by atoms with Crippen LogP contribution in [0, 0.1) is 0 Å². The van der Waals surface area contributed by atoms with Crippen LogP contribution in [0.5, 0.6) is 18.0 Å². The number of hydrogen-bond acceptors (Lipinski definition) is 9. The predicted molar refractivity (Wildman–Crippen MR) is 122 cm³/mol. The molecular formula is C22H26N4O6S. The van der Waals surface area contributed by atoms with Crippen molar-refractivity contribution in [2.75, 3.05) is 39.5 Å². The Morgan fingerprint density at radius 3 is 2.21 bits per heavy atom. The fraction of sp³-hybridized carbons (Fsp3) is 0.318. The summed E-state index contributed by atoms with van der Waals surface area (Å²) in [7, 11) is -3.61. The second-order valence-electron chi connectivity index (χ2n) is 6.80. The lowest BCUT2D eigenvalue weighted by Crippen LogP contribution is -2.47. The molecule has 1 aliphatic heterocycles. The van der Waals surface area contributed by atoms with Gasteiger partial charge in [0.25, 0.3) is 0 Å². The van der Waals surface area contributed by atoms with E-state index in [1.165, 1.54) is 9.71 Å². The third-order valence-electron chi connectivity index (χ3n) is 4.33. The van der Waals surface area contributed by atoms with Crippen LogP contribution in [0.1, 0.15) is 5.56 Å². The molecule has 0 amide bonds. The minimum atomic E-state index is -3.61. The molecule has 1 atom stereocenters. The molecule has 0 saturated carbocycles. The first-order chi connectivity index (χ1) is 16.0. The fourth-order valence-corrected chi connectivity index (χ4v) is 3.99. The summed E-state index contributed by atoms with van der Waals surface area (Å²) >= 11 is 0. The Kier molecular flexibility index (Phi) is 8.93. The quantitative estimate of drug-likeness (QED) is 0.427. The highest BCUT2D eigenvalue weighted by atomic mass is 32.2. The van der Waals surface area contributed by atoms with Crippen molar-refractivity contribution in [3.8, 4) is 18.0 Å². The van der Waals surface area contributed by atoms with Crippen LogP contribution in [-0.4, -0.2) is 73.3 Å². The van der Waals surface area contributed by atoms with Crippen LogP contribution >= 0.6 is 0 Å². The van der Waals surface area contributed by atoms with E-state index in [-0.39, 0.29) is 57.5 Å². The number of nitrogens with zero attached hydrogens (tertiary/aromatic N) is 4. The van der Waals surface area contributed by atoms with E-state index in [4.69, 9.17) is 18.9 Å². The molecule has 2 aromatic rings. The van der Waals surface area contributed by atoms with Crippen LogP contribution in [0.2, 0.25) is 0 Å². The zero-order valence-electron chi connectivity index (χ0n) is 18.1. The predicted octanol–water partition coefficient (Wildman–Crippen LogP) is 2.08. The average Bonchev–Trinajstić information content (AvgIpc) is 2.84. The van der Waals surface area contributed by atoms with Gasteiger partial charge in [-0.05, 0) is 11.6 Å². The van der Waals surface area contributed by atoms with Gasteiger partial charge in [0.05, 0.1) is 6.61 Å². The average molecular weight is 475 g/mol. The van der Waals surface area contributed by atoms with E-state index < -0.39 is 16.1 Å². The number of rotatable bonds is 12. The standard InChI is InChI=1S/C22H26N4O6S/c1-3-12-30-20-23-21(31-13-4-2)25-22(24-20)32-17-19-16-26(11-14-29-19)33(27,28)15-10-18-8-6-5-7-9-18/h3-10,15,19H,1-2,11-14,16-17H2/b15-10+. The van der Waals surface area contributed by atoms with E-state index >= 15 is 0 Å². The summed E-state index contributed by atoms with van der Waals surface area (Å²) in [5.41, 5.74) is 0.799. The maximum absolute atomic E-state index is 12.7. The summed E-state index contributed by atoms with van der Waals surface area (Å²) in [6.07, 6.45) is 4.15. The maximum atomic E-state index is 12.7. The van der Waals surface area contributed by atoms with Gasteiger partial charge in [0, 0.05) is 18.5 Å². The van der Waals surface area contributed by atoms with Crippen molar-refractivity contribution in [2.45, 2.75) is 6.10 Å². The molecule has 1 aromatic heterocycles. The van der Waals surface area contributed by atoms with Crippen molar-refractivity contribution in [2.24, 2.45) is 0 Å². The first-order valence-electron chi connectivity index (χ1n) is 10.2. The van der Waals surface area contributed by atoms with E-state index in [2.05, 4.69) is 28.1 Å². The largest absolute Gasteiger partial charge is 0.460 e. The SMILES string of the molecule is C=CCOc1nc(OCC=C)nc(OCC2CN(S(=O)(=O)/C=C/c3ccccc3)CCO2)n1. The summed E-state index contributed by atoms with van der Waals surface area (Å²) in [5.74, 6) is 0. The minimum Gasteiger partial charge on any atom is -0.460 e. The molecule has 0 N–H and O–H groups in total. The molecule has 1 fully saturated rings. The molecule has 1 aromatic carbocycles. The van der Waals surface area contributed by atoms with Gasteiger partial charge in [-0.15, -0.1) is 15.0 Å². The Morgan fingerprint density at radius 2 is 1.61 bits per heavy atom. The van der Waals surface area contributed by atoms with E-state index in [0.29, 0.717) is 0 Å².